The van der Waals surface area contributed by atoms with Gasteiger partial charge in [-0.05, 0) is 17.7 Å². The Kier molecular flexibility index (Phi) is 5.79. The average Bonchev–Trinajstić information content (AvgIpc) is 3.03. The predicted molar refractivity (Wildman–Crippen MR) is 98.2 cm³/mol. The van der Waals surface area contributed by atoms with E-state index in [9.17, 15) is 4.79 Å². The summed E-state index contributed by atoms with van der Waals surface area (Å²) in [6, 6.07) is 14.1. The second-order valence-electron chi connectivity index (χ2n) is 5.45. The monoisotopic (exact) mass is 353 g/mol. The van der Waals surface area contributed by atoms with Crippen molar-refractivity contribution in [2.24, 2.45) is 0 Å². The molecule has 0 fully saturated rings. The zero-order valence-corrected chi connectivity index (χ0v) is 14.7. The standard InChI is InChI=1S/C18H19N5OS/c1-14(24)20-11-12-25-18-22-21-17(16-7-9-19-10-8-16)23(18)13-15-5-3-2-4-6-15/h2-10H,11-13H2,1H3,(H,20,24). The lowest BCUT2D eigenvalue weighted by atomic mass is 10.2. The van der Waals surface area contributed by atoms with Crippen molar-refractivity contribution >= 4 is 17.7 Å². The van der Waals surface area contributed by atoms with Crippen molar-refractivity contribution < 1.29 is 4.79 Å². The van der Waals surface area contributed by atoms with Crippen molar-refractivity contribution in [3.8, 4) is 11.4 Å². The maximum atomic E-state index is 11.0. The van der Waals surface area contributed by atoms with Crippen molar-refractivity contribution in [2.75, 3.05) is 12.3 Å². The fourth-order valence-electron chi connectivity index (χ4n) is 2.39. The highest BCUT2D eigenvalue weighted by atomic mass is 32.2. The minimum Gasteiger partial charge on any atom is -0.356 e. The molecule has 0 aliphatic carbocycles. The van der Waals surface area contributed by atoms with Crippen molar-refractivity contribution in [1.29, 1.82) is 0 Å². The molecule has 128 valence electrons. The Morgan fingerprint density at radius 3 is 2.60 bits per heavy atom. The summed E-state index contributed by atoms with van der Waals surface area (Å²) in [5.74, 6) is 1.53. The van der Waals surface area contributed by atoms with Gasteiger partial charge < -0.3 is 5.32 Å². The summed E-state index contributed by atoms with van der Waals surface area (Å²) in [5, 5.41) is 12.4. The van der Waals surface area contributed by atoms with Gasteiger partial charge in [-0.2, -0.15) is 0 Å². The minimum absolute atomic E-state index is 0.0242. The molecule has 0 bridgehead atoms. The first-order valence-corrected chi connectivity index (χ1v) is 8.97. The summed E-state index contributed by atoms with van der Waals surface area (Å²) in [7, 11) is 0. The molecule has 3 rings (SSSR count). The summed E-state index contributed by atoms with van der Waals surface area (Å²) < 4.78 is 2.10. The maximum absolute atomic E-state index is 11.0. The molecule has 3 aromatic rings. The Bertz CT molecular complexity index is 820. The van der Waals surface area contributed by atoms with Crippen LogP contribution in [-0.4, -0.2) is 38.0 Å². The van der Waals surface area contributed by atoms with Crippen LogP contribution in [0.2, 0.25) is 0 Å². The van der Waals surface area contributed by atoms with Gasteiger partial charge in [0.05, 0.1) is 6.54 Å². The van der Waals surface area contributed by atoms with E-state index in [1.807, 2.05) is 30.3 Å². The van der Waals surface area contributed by atoms with Crippen LogP contribution in [0.4, 0.5) is 0 Å². The maximum Gasteiger partial charge on any atom is 0.216 e. The Labute approximate surface area is 150 Å². The van der Waals surface area contributed by atoms with Gasteiger partial charge in [0, 0.05) is 37.2 Å². The molecule has 0 atom stereocenters. The van der Waals surface area contributed by atoms with Crippen LogP contribution in [-0.2, 0) is 11.3 Å². The van der Waals surface area contributed by atoms with E-state index in [0.717, 1.165) is 22.3 Å². The zero-order chi connectivity index (χ0) is 17.5. The molecule has 0 saturated heterocycles. The molecule has 1 amide bonds. The van der Waals surface area contributed by atoms with Crippen molar-refractivity contribution in [2.45, 2.75) is 18.6 Å². The molecule has 25 heavy (non-hydrogen) atoms. The van der Waals surface area contributed by atoms with E-state index < -0.39 is 0 Å². The van der Waals surface area contributed by atoms with E-state index in [1.54, 1.807) is 24.2 Å². The largest absolute Gasteiger partial charge is 0.356 e. The highest BCUT2D eigenvalue weighted by Gasteiger charge is 2.14. The van der Waals surface area contributed by atoms with Gasteiger partial charge >= 0.3 is 0 Å². The smallest absolute Gasteiger partial charge is 0.216 e. The van der Waals surface area contributed by atoms with Gasteiger partial charge in [-0.15, -0.1) is 10.2 Å². The second-order valence-corrected chi connectivity index (χ2v) is 6.51. The van der Waals surface area contributed by atoms with E-state index >= 15 is 0 Å². The van der Waals surface area contributed by atoms with Crippen LogP contribution >= 0.6 is 11.8 Å². The molecule has 2 heterocycles. The molecule has 0 aliphatic rings. The number of rotatable bonds is 7. The third-order valence-electron chi connectivity index (χ3n) is 3.55. The molecule has 0 spiro atoms. The van der Waals surface area contributed by atoms with Crippen LogP contribution in [0.3, 0.4) is 0 Å². The van der Waals surface area contributed by atoms with Crippen LogP contribution < -0.4 is 5.32 Å². The lowest BCUT2D eigenvalue weighted by molar-refractivity contribution is -0.118. The number of carbonyl (C=O) groups is 1. The van der Waals surface area contributed by atoms with Gasteiger partial charge in [0.25, 0.3) is 0 Å². The molecule has 7 heteroatoms. The molecule has 0 radical (unpaired) electrons. The van der Waals surface area contributed by atoms with Crippen molar-refractivity contribution in [1.82, 2.24) is 25.1 Å². The number of benzene rings is 1. The van der Waals surface area contributed by atoms with Crippen LogP contribution in [0, 0.1) is 0 Å². The number of hydrogen-bond donors (Lipinski definition) is 1. The molecule has 0 unspecified atom stereocenters. The van der Waals surface area contributed by atoms with E-state index in [4.69, 9.17) is 0 Å². The van der Waals surface area contributed by atoms with Crippen LogP contribution in [0.1, 0.15) is 12.5 Å². The Morgan fingerprint density at radius 1 is 1.12 bits per heavy atom. The van der Waals surface area contributed by atoms with E-state index in [0.29, 0.717) is 13.1 Å². The SMILES string of the molecule is CC(=O)NCCSc1nnc(-c2ccncc2)n1Cc1ccccc1. The number of aromatic nitrogens is 4. The molecular formula is C18H19N5OS. The number of amides is 1. The van der Waals surface area contributed by atoms with E-state index in [1.165, 1.54) is 12.5 Å². The molecule has 1 N–H and O–H groups in total. The van der Waals surface area contributed by atoms with Crippen LogP contribution in [0.15, 0.2) is 60.0 Å². The normalized spacial score (nSPS) is 10.6. The number of nitrogens with one attached hydrogen (secondary N) is 1. The van der Waals surface area contributed by atoms with Crippen molar-refractivity contribution in [3.63, 3.8) is 0 Å². The third-order valence-corrected chi connectivity index (χ3v) is 4.51. The first kappa shape index (κ1) is 17.2. The molecule has 0 aliphatic heterocycles. The van der Waals surface area contributed by atoms with E-state index in [-0.39, 0.29) is 5.91 Å². The van der Waals surface area contributed by atoms with Crippen LogP contribution in [0.25, 0.3) is 11.4 Å². The highest BCUT2D eigenvalue weighted by molar-refractivity contribution is 7.99. The van der Waals surface area contributed by atoms with Crippen molar-refractivity contribution in [3.05, 3.63) is 60.4 Å². The summed E-state index contributed by atoms with van der Waals surface area (Å²) >= 11 is 1.58. The molecule has 0 saturated carbocycles. The molecule has 1 aromatic carbocycles. The topological polar surface area (TPSA) is 72.7 Å². The summed E-state index contributed by atoms with van der Waals surface area (Å²) in [6.07, 6.45) is 3.50. The predicted octanol–water partition coefficient (Wildman–Crippen LogP) is 2.62. The number of carbonyl (C=O) groups excluding carboxylic acids is 1. The Morgan fingerprint density at radius 2 is 1.88 bits per heavy atom. The van der Waals surface area contributed by atoms with Gasteiger partial charge in [-0.1, -0.05) is 42.1 Å². The number of nitrogens with zero attached hydrogens (tertiary/aromatic N) is 4. The lowest BCUT2D eigenvalue weighted by Gasteiger charge is -2.10. The van der Waals surface area contributed by atoms with Gasteiger partial charge in [0.15, 0.2) is 11.0 Å². The Balaban J connectivity index is 1.84. The van der Waals surface area contributed by atoms with Crippen LogP contribution in [0.5, 0.6) is 0 Å². The molecule has 6 nitrogen and oxygen atoms in total. The summed E-state index contributed by atoms with van der Waals surface area (Å²) in [5.41, 5.74) is 2.16. The third kappa shape index (κ3) is 4.67. The number of thioether (sulfide) groups is 1. The minimum atomic E-state index is -0.0242. The fourth-order valence-corrected chi connectivity index (χ4v) is 3.18. The second kappa shape index (κ2) is 8.43. The first-order valence-electron chi connectivity index (χ1n) is 7.99. The van der Waals surface area contributed by atoms with E-state index in [2.05, 4.69) is 37.2 Å². The zero-order valence-electron chi connectivity index (χ0n) is 13.9. The number of hydrogen-bond acceptors (Lipinski definition) is 5. The Hall–Kier alpha value is -2.67. The summed E-state index contributed by atoms with van der Waals surface area (Å²) in [4.78, 5) is 15.1. The van der Waals surface area contributed by atoms with Gasteiger partial charge in [-0.3, -0.25) is 14.3 Å². The lowest BCUT2D eigenvalue weighted by Crippen LogP contribution is -2.22. The number of pyridine rings is 1. The van der Waals surface area contributed by atoms with Gasteiger partial charge in [0.2, 0.25) is 5.91 Å². The van der Waals surface area contributed by atoms with Gasteiger partial charge in [0.1, 0.15) is 0 Å². The quantitative estimate of drug-likeness (QED) is 0.522. The summed E-state index contributed by atoms with van der Waals surface area (Å²) in [6.45, 7) is 2.81. The molecule has 2 aromatic heterocycles. The van der Waals surface area contributed by atoms with Gasteiger partial charge in [-0.25, -0.2) is 0 Å². The average molecular weight is 353 g/mol. The first-order chi connectivity index (χ1) is 12.2. The highest BCUT2D eigenvalue weighted by Crippen LogP contribution is 2.24. The molecular weight excluding hydrogens is 334 g/mol. The fraction of sp³-hybridized carbons (Fsp3) is 0.222.